The predicted octanol–water partition coefficient (Wildman–Crippen LogP) is 16.2. The molecule has 2 aliphatic rings. The third-order valence-electron chi connectivity index (χ3n) is 12.8. The highest BCUT2D eigenvalue weighted by Crippen LogP contribution is 2.64. The minimum absolute atomic E-state index is 1.06. The Morgan fingerprint density at radius 1 is 0.185 bits per heavy atom. The number of hydrogen-bond acceptors (Lipinski definition) is 4. The van der Waals surface area contributed by atoms with Crippen molar-refractivity contribution in [2.75, 3.05) is 19.6 Å². The van der Waals surface area contributed by atoms with E-state index in [1.54, 1.807) is 0 Å². The van der Waals surface area contributed by atoms with Gasteiger partial charge in [-0.1, -0.05) is 194 Å². The van der Waals surface area contributed by atoms with E-state index in [2.05, 4.69) is 287 Å². The van der Waals surface area contributed by atoms with Crippen LogP contribution in [0, 0.1) is 0 Å². The van der Waals surface area contributed by atoms with Crippen LogP contribution in [0.1, 0.15) is 0 Å². The molecule has 10 aromatic carbocycles. The summed E-state index contributed by atoms with van der Waals surface area (Å²) in [5.74, 6) is -1.10. The number of nitrogens with zero attached hydrogens (tertiary/aromatic N) is 4. The van der Waals surface area contributed by atoms with Gasteiger partial charge in [-0.05, 0) is 117 Å². The number of hydrogen-bond donors (Lipinski definition) is 0. The highest BCUT2D eigenvalue weighted by Gasteiger charge is 2.64. The fourth-order valence-electron chi connectivity index (χ4n) is 9.96. The normalized spacial score (nSPS) is 13.5. The van der Waals surface area contributed by atoms with Gasteiger partial charge in [-0.2, -0.15) is 0 Å². The van der Waals surface area contributed by atoms with Crippen LogP contribution < -0.4 is 19.6 Å². The van der Waals surface area contributed by atoms with Crippen LogP contribution in [0.25, 0.3) is 44.5 Å². The van der Waals surface area contributed by atoms with E-state index in [0.717, 1.165) is 56.6 Å². The molecule has 10 aromatic rings. The molecule has 4 heteroatoms. The number of benzene rings is 10. The number of para-hydroxylation sites is 4. The minimum Gasteiger partial charge on any atom is -0.280 e. The molecule has 0 atom stereocenters. The van der Waals surface area contributed by atoms with Crippen molar-refractivity contribution in [1.82, 2.24) is 0 Å². The molecule has 0 saturated carbocycles. The summed E-state index contributed by atoms with van der Waals surface area (Å²) in [6.45, 7) is 0. The highest BCUT2D eigenvalue weighted by atomic mass is 15.8. The lowest BCUT2D eigenvalue weighted by Gasteiger charge is -2.53. The van der Waals surface area contributed by atoms with Crippen molar-refractivity contribution < 1.29 is 0 Å². The van der Waals surface area contributed by atoms with Gasteiger partial charge in [0.05, 0.1) is 22.7 Å². The summed E-state index contributed by atoms with van der Waals surface area (Å²) in [4.78, 5) is 10.3. The molecule has 0 N–H and O–H groups in total. The van der Waals surface area contributed by atoms with Crippen molar-refractivity contribution >= 4 is 45.5 Å². The molecule has 0 unspecified atom stereocenters. The molecule has 308 valence electrons. The SMILES string of the molecule is c1ccc(-c2ccc(N3c4ccccc4N(c4cccc(-c5ccccc5)c4)C34N(c3ccc(-c5ccccc5)cc3)c3ccccc3N4c3cccc(-c4ccccc4)c3)cc2)cc1. The second-order valence-electron chi connectivity index (χ2n) is 16.6. The molecule has 0 radical (unpaired) electrons. The van der Waals surface area contributed by atoms with Crippen molar-refractivity contribution in [3.63, 3.8) is 0 Å². The van der Waals surface area contributed by atoms with E-state index in [-0.39, 0.29) is 0 Å². The van der Waals surface area contributed by atoms with Gasteiger partial charge in [-0.3, -0.25) is 19.6 Å². The molecule has 12 rings (SSSR count). The molecule has 0 bridgehead atoms. The van der Waals surface area contributed by atoms with Gasteiger partial charge in [-0.25, -0.2) is 0 Å². The fourth-order valence-corrected chi connectivity index (χ4v) is 9.96. The lowest BCUT2D eigenvalue weighted by atomic mass is 10.0. The van der Waals surface area contributed by atoms with E-state index < -0.39 is 5.91 Å². The average molecular weight is 833 g/mol. The molecule has 0 aliphatic carbocycles. The molecule has 0 saturated heterocycles. The topological polar surface area (TPSA) is 13.0 Å². The first-order valence-electron chi connectivity index (χ1n) is 22.3. The number of fused-ring (bicyclic) bond motifs is 2. The third-order valence-corrected chi connectivity index (χ3v) is 12.8. The summed E-state index contributed by atoms with van der Waals surface area (Å²) < 4.78 is 0. The van der Waals surface area contributed by atoms with Gasteiger partial charge >= 0.3 is 0 Å². The zero-order valence-electron chi connectivity index (χ0n) is 35.7. The molecular formula is C61H44N4. The maximum atomic E-state index is 2.57. The maximum Gasteiger partial charge on any atom is 0.295 e. The Kier molecular flexibility index (Phi) is 9.35. The standard InChI is InChI=1S/C61H44N4/c1-5-19-45(20-6-1)49-35-39-53(40-36-49)62-57-31-13-15-33-59(57)64(55-29-17-27-51(43-55)47-23-9-3-10-24-47)61(62)63(54-41-37-50(38-42-54)46-21-7-2-8-22-46)58-32-14-16-34-60(58)65(61)56-30-18-28-52(44-56)48-25-11-4-12-26-48/h1-44H. The molecule has 0 amide bonds. The number of anilines is 8. The van der Waals surface area contributed by atoms with Crippen LogP contribution in [0.2, 0.25) is 0 Å². The maximum absolute atomic E-state index is 2.57. The van der Waals surface area contributed by atoms with Crippen LogP contribution in [-0.4, -0.2) is 5.91 Å². The Hall–Kier alpha value is -8.60. The summed E-state index contributed by atoms with van der Waals surface area (Å²) in [5.41, 5.74) is 17.9. The quantitative estimate of drug-likeness (QED) is 0.151. The summed E-state index contributed by atoms with van der Waals surface area (Å²) in [5, 5.41) is 0. The van der Waals surface area contributed by atoms with E-state index in [1.807, 2.05) is 0 Å². The first kappa shape index (κ1) is 38.1. The number of rotatable bonds is 8. The van der Waals surface area contributed by atoms with Gasteiger partial charge in [0, 0.05) is 22.7 Å². The molecule has 2 heterocycles. The highest BCUT2D eigenvalue weighted by molar-refractivity contribution is 6.03. The molecule has 2 aliphatic heterocycles. The summed E-state index contributed by atoms with van der Waals surface area (Å²) >= 11 is 0. The zero-order valence-corrected chi connectivity index (χ0v) is 35.7. The van der Waals surface area contributed by atoms with Crippen LogP contribution in [0.4, 0.5) is 45.5 Å². The smallest absolute Gasteiger partial charge is 0.280 e. The monoisotopic (exact) mass is 832 g/mol. The van der Waals surface area contributed by atoms with E-state index in [9.17, 15) is 0 Å². The van der Waals surface area contributed by atoms with Gasteiger partial charge in [0.15, 0.2) is 0 Å². The molecule has 65 heavy (non-hydrogen) atoms. The lowest BCUT2D eigenvalue weighted by molar-refractivity contribution is 0.480. The Labute approximate surface area is 380 Å². The van der Waals surface area contributed by atoms with Crippen LogP contribution >= 0.6 is 0 Å². The third kappa shape index (κ3) is 6.38. The molecular weight excluding hydrogens is 789 g/mol. The summed E-state index contributed by atoms with van der Waals surface area (Å²) in [6.07, 6.45) is 0. The predicted molar refractivity (Wildman–Crippen MR) is 272 cm³/mol. The van der Waals surface area contributed by atoms with Gasteiger partial charge in [-0.15, -0.1) is 0 Å². The first-order chi connectivity index (χ1) is 32.3. The minimum atomic E-state index is -1.10. The van der Waals surface area contributed by atoms with Gasteiger partial charge in [0.2, 0.25) is 0 Å². The van der Waals surface area contributed by atoms with Crippen molar-refractivity contribution in [2.45, 2.75) is 5.91 Å². The van der Waals surface area contributed by atoms with Crippen molar-refractivity contribution in [3.8, 4) is 44.5 Å². The second-order valence-corrected chi connectivity index (χ2v) is 16.6. The van der Waals surface area contributed by atoms with Crippen molar-refractivity contribution in [1.29, 1.82) is 0 Å². The Bertz CT molecular complexity index is 3040. The van der Waals surface area contributed by atoms with Crippen molar-refractivity contribution in [3.05, 3.63) is 267 Å². The zero-order chi connectivity index (χ0) is 43.2. The largest absolute Gasteiger partial charge is 0.295 e. The summed E-state index contributed by atoms with van der Waals surface area (Å²) in [6, 6.07) is 96.8. The van der Waals surface area contributed by atoms with Gasteiger partial charge < -0.3 is 0 Å². The average Bonchev–Trinajstić information content (AvgIpc) is 3.86. The Morgan fingerprint density at radius 2 is 0.431 bits per heavy atom. The van der Waals surface area contributed by atoms with Gasteiger partial charge in [0.25, 0.3) is 5.91 Å². The van der Waals surface area contributed by atoms with E-state index >= 15 is 0 Å². The van der Waals surface area contributed by atoms with E-state index in [4.69, 9.17) is 0 Å². The van der Waals surface area contributed by atoms with E-state index in [0.29, 0.717) is 0 Å². The van der Waals surface area contributed by atoms with Crippen LogP contribution in [0.15, 0.2) is 267 Å². The molecule has 1 spiro atoms. The Morgan fingerprint density at radius 3 is 0.754 bits per heavy atom. The van der Waals surface area contributed by atoms with Crippen molar-refractivity contribution in [2.24, 2.45) is 0 Å². The molecule has 4 nitrogen and oxygen atoms in total. The Balaban J connectivity index is 1.18. The van der Waals surface area contributed by atoms with Gasteiger partial charge in [0.1, 0.15) is 0 Å². The van der Waals surface area contributed by atoms with Crippen LogP contribution in [0.5, 0.6) is 0 Å². The first-order valence-corrected chi connectivity index (χ1v) is 22.3. The fraction of sp³-hybridized carbons (Fsp3) is 0.0164. The molecule has 0 fully saturated rings. The van der Waals surface area contributed by atoms with Crippen LogP contribution in [0.3, 0.4) is 0 Å². The second kappa shape index (κ2) is 15.9. The van der Waals surface area contributed by atoms with E-state index in [1.165, 1.54) is 33.4 Å². The molecule has 0 aromatic heterocycles. The van der Waals surface area contributed by atoms with Crippen LogP contribution in [-0.2, 0) is 0 Å². The lowest BCUT2D eigenvalue weighted by Crippen LogP contribution is -2.70. The summed E-state index contributed by atoms with van der Waals surface area (Å²) in [7, 11) is 0.